The number of tetrazole rings is 1. The number of hydrogen-bond donors (Lipinski definition) is 1. The first-order valence-electron chi connectivity index (χ1n) is 7.76. The lowest BCUT2D eigenvalue weighted by molar-refractivity contribution is 0.585. The lowest BCUT2D eigenvalue weighted by Gasteiger charge is -2.23. The molecule has 1 N–H and O–H groups in total. The zero-order valence-corrected chi connectivity index (χ0v) is 12.8. The van der Waals surface area contributed by atoms with E-state index in [0.717, 1.165) is 17.7 Å². The number of aromatic nitrogens is 4. The first kappa shape index (κ1) is 13.7. The number of nitrogens with zero attached hydrogens (tertiary/aromatic N) is 4. The predicted octanol–water partition coefficient (Wildman–Crippen LogP) is 3.29. The molecule has 3 aromatic rings. The zero-order valence-electron chi connectivity index (χ0n) is 12.8. The molecule has 23 heavy (non-hydrogen) atoms. The molecule has 0 unspecified atom stereocenters. The highest BCUT2D eigenvalue weighted by atomic mass is 15.6. The van der Waals surface area contributed by atoms with Crippen LogP contribution in [0, 0.1) is 0 Å². The predicted molar refractivity (Wildman–Crippen MR) is 89.8 cm³/mol. The van der Waals surface area contributed by atoms with Crippen molar-refractivity contribution >= 4 is 11.6 Å². The molecule has 2 aromatic carbocycles. The second kappa shape index (κ2) is 5.68. The van der Waals surface area contributed by atoms with Gasteiger partial charge in [0, 0.05) is 5.70 Å². The summed E-state index contributed by atoms with van der Waals surface area (Å²) >= 11 is 0. The molecule has 1 atom stereocenters. The molecule has 0 bridgehead atoms. The van der Waals surface area contributed by atoms with Crippen LogP contribution in [0.5, 0.6) is 0 Å². The van der Waals surface area contributed by atoms with Crippen molar-refractivity contribution < 1.29 is 0 Å². The molecule has 0 saturated carbocycles. The van der Waals surface area contributed by atoms with E-state index < -0.39 is 0 Å². The Balaban J connectivity index is 1.78. The van der Waals surface area contributed by atoms with Crippen LogP contribution in [0.15, 0.2) is 60.7 Å². The third-order valence-electron chi connectivity index (χ3n) is 4.14. The fourth-order valence-corrected chi connectivity index (χ4v) is 2.83. The van der Waals surface area contributed by atoms with Crippen molar-refractivity contribution in [3.63, 3.8) is 0 Å². The highest BCUT2D eigenvalue weighted by molar-refractivity contribution is 5.76. The van der Waals surface area contributed by atoms with E-state index in [1.54, 1.807) is 0 Å². The summed E-state index contributed by atoms with van der Waals surface area (Å²) in [4.78, 5) is 0. The van der Waals surface area contributed by atoms with Gasteiger partial charge in [-0.05, 0) is 39.6 Å². The number of fused-ring (bicyclic) bond motifs is 1. The normalized spacial score (nSPS) is 16.4. The van der Waals surface area contributed by atoms with Gasteiger partial charge in [0.1, 0.15) is 6.04 Å². The highest BCUT2D eigenvalue weighted by Gasteiger charge is 2.24. The fourth-order valence-electron chi connectivity index (χ4n) is 2.83. The summed E-state index contributed by atoms with van der Waals surface area (Å²) in [5, 5.41) is 15.3. The summed E-state index contributed by atoms with van der Waals surface area (Å²) in [6, 6.07) is 18.8. The molecule has 1 aromatic heterocycles. The molecule has 0 spiro atoms. The Hall–Kier alpha value is -2.95. The van der Waals surface area contributed by atoms with Crippen molar-refractivity contribution in [3.8, 4) is 0 Å². The monoisotopic (exact) mass is 303 g/mol. The second-order valence-corrected chi connectivity index (χ2v) is 5.56. The number of benzene rings is 2. The van der Waals surface area contributed by atoms with Crippen LogP contribution in [-0.2, 0) is 6.42 Å². The number of anilines is 1. The lowest BCUT2D eigenvalue weighted by Crippen LogP contribution is -2.20. The van der Waals surface area contributed by atoms with Gasteiger partial charge in [-0.15, -0.1) is 0 Å². The lowest BCUT2D eigenvalue weighted by atomic mass is 10.00. The average Bonchev–Trinajstić information content (AvgIpc) is 3.10. The van der Waals surface area contributed by atoms with Gasteiger partial charge in [0.2, 0.25) is 5.95 Å². The average molecular weight is 303 g/mol. The SMILES string of the molecule is CCc1ccc([C@@H]2C=C(c3ccccc3)Nc3nnnn32)cc1. The minimum absolute atomic E-state index is 0.0117. The van der Waals surface area contributed by atoms with Crippen molar-refractivity contribution in [2.45, 2.75) is 19.4 Å². The van der Waals surface area contributed by atoms with Crippen molar-refractivity contribution in [1.82, 2.24) is 20.2 Å². The van der Waals surface area contributed by atoms with Gasteiger partial charge in [-0.3, -0.25) is 0 Å². The maximum atomic E-state index is 4.13. The summed E-state index contributed by atoms with van der Waals surface area (Å²) in [5.74, 6) is 0.663. The van der Waals surface area contributed by atoms with Crippen LogP contribution in [0.1, 0.15) is 29.7 Å². The summed E-state index contributed by atoms with van der Waals surface area (Å²) in [6.45, 7) is 2.16. The van der Waals surface area contributed by atoms with Crippen LogP contribution < -0.4 is 5.32 Å². The number of allylic oxidation sites excluding steroid dienone is 1. The van der Waals surface area contributed by atoms with E-state index in [1.807, 2.05) is 22.9 Å². The molecule has 4 rings (SSSR count). The minimum Gasteiger partial charge on any atom is -0.323 e. The first-order chi connectivity index (χ1) is 11.3. The third-order valence-corrected chi connectivity index (χ3v) is 4.14. The van der Waals surface area contributed by atoms with Crippen molar-refractivity contribution in [3.05, 3.63) is 77.4 Å². The van der Waals surface area contributed by atoms with E-state index >= 15 is 0 Å². The van der Waals surface area contributed by atoms with E-state index in [4.69, 9.17) is 0 Å². The maximum Gasteiger partial charge on any atom is 0.248 e. The molecule has 5 nitrogen and oxygen atoms in total. The Morgan fingerprint density at radius 3 is 2.57 bits per heavy atom. The van der Waals surface area contributed by atoms with E-state index in [2.05, 4.69) is 70.2 Å². The van der Waals surface area contributed by atoms with Crippen LogP contribution in [0.3, 0.4) is 0 Å². The van der Waals surface area contributed by atoms with Gasteiger partial charge in [0.25, 0.3) is 0 Å². The van der Waals surface area contributed by atoms with Gasteiger partial charge in [0.05, 0.1) is 0 Å². The molecular weight excluding hydrogens is 286 g/mol. The van der Waals surface area contributed by atoms with Crippen molar-refractivity contribution in [2.75, 3.05) is 5.32 Å². The zero-order chi connectivity index (χ0) is 15.6. The molecule has 0 radical (unpaired) electrons. The van der Waals surface area contributed by atoms with Gasteiger partial charge < -0.3 is 5.32 Å². The van der Waals surface area contributed by atoms with Crippen LogP contribution >= 0.6 is 0 Å². The molecule has 2 heterocycles. The molecule has 1 aliphatic heterocycles. The van der Waals surface area contributed by atoms with E-state index in [1.165, 1.54) is 11.1 Å². The molecule has 0 fully saturated rings. The Bertz CT molecular complexity index is 833. The number of nitrogens with one attached hydrogen (secondary N) is 1. The van der Waals surface area contributed by atoms with E-state index in [9.17, 15) is 0 Å². The van der Waals surface area contributed by atoms with Gasteiger partial charge in [-0.25, -0.2) is 0 Å². The fraction of sp³-hybridized carbons (Fsp3) is 0.167. The van der Waals surface area contributed by atoms with Gasteiger partial charge in [-0.2, -0.15) is 4.68 Å². The van der Waals surface area contributed by atoms with Crippen LogP contribution in [-0.4, -0.2) is 20.2 Å². The number of rotatable bonds is 3. The standard InChI is InChI=1S/C18H17N5/c1-2-13-8-10-15(11-9-13)17-12-16(14-6-4-3-5-7-14)19-18-20-21-22-23(17)18/h3-12,17H,2H2,1H3,(H,19,20,22)/t17-/m0/s1. The van der Waals surface area contributed by atoms with Crippen LogP contribution in [0.4, 0.5) is 5.95 Å². The second-order valence-electron chi connectivity index (χ2n) is 5.56. The smallest absolute Gasteiger partial charge is 0.248 e. The largest absolute Gasteiger partial charge is 0.323 e. The summed E-state index contributed by atoms with van der Waals surface area (Å²) in [6.07, 6.45) is 3.20. The molecular formula is C18H17N5. The van der Waals surface area contributed by atoms with Gasteiger partial charge in [0.15, 0.2) is 0 Å². The van der Waals surface area contributed by atoms with Crippen LogP contribution in [0.25, 0.3) is 5.70 Å². The van der Waals surface area contributed by atoms with Gasteiger partial charge >= 0.3 is 0 Å². The van der Waals surface area contributed by atoms with E-state index in [0.29, 0.717) is 5.95 Å². The topological polar surface area (TPSA) is 55.6 Å². The quantitative estimate of drug-likeness (QED) is 0.806. The molecule has 1 aliphatic rings. The Kier molecular flexibility index (Phi) is 3.38. The van der Waals surface area contributed by atoms with Crippen molar-refractivity contribution in [1.29, 1.82) is 0 Å². The summed E-state index contributed by atoms with van der Waals surface area (Å²) in [7, 11) is 0. The van der Waals surface area contributed by atoms with Crippen LogP contribution in [0.2, 0.25) is 0 Å². The summed E-state index contributed by atoms with van der Waals surface area (Å²) in [5.41, 5.74) is 4.65. The molecule has 0 amide bonds. The maximum absolute atomic E-state index is 4.13. The van der Waals surface area contributed by atoms with Crippen molar-refractivity contribution in [2.24, 2.45) is 0 Å². The molecule has 0 aliphatic carbocycles. The first-order valence-corrected chi connectivity index (χ1v) is 7.76. The third kappa shape index (κ3) is 2.50. The highest BCUT2D eigenvalue weighted by Crippen LogP contribution is 2.31. The molecule has 114 valence electrons. The van der Waals surface area contributed by atoms with E-state index in [-0.39, 0.29) is 6.04 Å². The summed E-state index contributed by atoms with van der Waals surface area (Å²) < 4.78 is 1.81. The number of aryl methyl sites for hydroxylation is 1. The van der Waals surface area contributed by atoms with Gasteiger partial charge in [-0.1, -0.05) is 66.6 Å². The Labute approximate surface area is 134 Å². The Morgan fingerprint density at radius 1 is 1.04 bits per heavy atom. The number of hydrogen-bond acceptors (Lipinski definition) is 4. The molecule has 5 heteroatoms. The minimum atomic E-state index is -0.0117. The Morgan fingerprint density at radius 2 is 1.83 bits per heavy atom. The molecule has 0 saturated heterocycles.